The number of carbonyl (C=O) groups is 3. The summed E-state index contributed by atoms with van der Waals surface area (Å²) < 4.78 is 21.5. The lowest BCUT2D eigenvalue weighted by atomic mass is 10.0. The fraction of sp³-hybridized carbons (Fsp3) is 0.241. The van der Waals surface area contributed by atoms with Gasteiger partial charge in [0.05, 0.1) is 45.1 Å². The molecule has 0 aliphatic carbocycles. The number of carbonyl (C=O) groups excluding carboxylic acids is 3. The molecule has 1 N–H and O–H groups in total. The molecule has 8 nitrogen and oxygen atoms in total. The monoisotopic (exact) mass is 578 g/mol. The number of ether oxygens (including phenoxy) is 1. The second-order valence-electron chi connectivity index (χ2n) is 9.74. The van der Waals surface area contributed by atoms with Crippen LogP contribution in [0.2, 0.25) is 5.02 Å². The number of thiophene rings is 1. The van der Waals surface area contributed by atoms with E-state index in [0.717, 1.165) is 21.0 Å². The molecule has 0 bridgehead atoms. The van der Waals surface area contributed by atoms with Gasteiger partial charge < -0.3 is 10.1 Å². The van der Waals surface area contributed by atoms with E-state index in [2.05, 4.69) is 10.4 Å². The first-order valence-corrected chi connectivity index (χ1v) is 13.9. The van der Waals surface area contributed by atoms with Crippen molar-refractivity contribution in [1.29, 1.82) is 0 Å². The Kier molecular flexibility index (Phi) is 6.99. The maximum atomic E-state index is 14.0. The van der Waals surface area contributed by atoms with E-state index in [1.54, 1.807) is 55.8 Å². The third kappa shape index (κ3) is 4.72. The number of nitrogens with zero attached hydrogens (tertiary/aromatic N) is 3. The van der Waals surface area contributed by atoms with Gasteiger partial charge in [-0.15, -0.1) is 11.3 Å². The number of fused-ring (bicyclic) bond motifs is 4. The summed E-state index contributed by atoms with van der Waals surface area (Å²) in [4.78, 5) is 42.2. The Bertz CT molecular complexity index is 1620. The van der Waals surface area contributed by atoms with Gasteiger partial charge in [-0.25, -0.2) is 4.39 Å². The van der Waals surface area contributed by atoms with Gasteiger partial charge >= 0.3 is 0 Å². The third-order valence-corrected chi connectivity index (χ3v) is 8.70. The molecule has 3 amide bonds. The molecule has 2 aliphatic heterocycles. The summed E-state index contributed by atoms with van der Waals surface area (Å²) in [5.41, 5.74) is 2.78. The van der Waals surface area contributed by atoms with Crippen molar-refractivity contribution in [1.82, 2.24) is 20.0 Å². The van der Waals surface area contributed by atoms with Crippen LogP contribution in [0.3, 0.4) is 0 Å². The maximum absolute atomic E-state index is 14.0. The number of aryl methyl sites for hydroxylation is 1. The highest BCUT2D eigenvalue weighted by Crippen LogP contribution is 2.43. The molecule has 2 atom stereocenters. The summed E-state index contributed by atoms with van der Waals surface area (Å²) in [6.45, 7) is 0.554. The molecular formula is C29H24ClFN4O4S. The van der Waals surface area contributed by atoms with Crippen molar-refractivity contribution in [3.63, 3.8) is 0 Å². The third-order valence-electron chi connectivity index (χ3n) is 7.20. The summed E-state index contributed by atoms with van der Waals surface area (Å²) in [5, 5.41) is 7.84. The van der Waals surface area contributed by atoms with Gasteiger partial charge in [-0.1, -0.05) is 35.9 Å². The first-order chi connectivity index (χ1) is 19.3. The minimum atomic E-state index is -0.675. The first-order valence-electron chi connectivity index (χ1n) is 12.7. The second-order valence-corrected chi connectivity index (χ2v) is 11.2. The lowest BCUT2D eigenvalue weighted by molar-refractivity contribution is 0.0629. The number of hydrogen-bond donors (Lipinski definition) is 1. The molecule has 2 aromatic carbocycles. The fourth-order valence-electron chi connectivity index (χ4n) is 5.33. The van der Waals surface area contributed by atoms with E-state index in [0.29, 0.717) is 39.6 Å². The Morgan fingerprint density at radius 3 is 2.60 bits per heavy atom. The molecule has 0 saturated heterocycles. The van der Waals surface area contributed by atoms with Crippen molar-refractivity contribution in [3.05, 3.63) is 98.1 Å². The lowest BCUT2D eigenvalue weighted by Crippen LogP contribution is -2.46. The van der Waals surface area contributed by atoms with Crippen LogP contribution in [0.25, 0.3) is 11.3 Å². The molecule has 2 aliphatic rings. The smallest absolute Gasteiger partial charge is 0.261 e. The van der Waals surface area contributed by atoms with Crippen LogP contribution >= 0.6 is 22.9 Å². The van der Waals surface area contributed by atoms with Crippen LogP contribution in [0.5, 0.6) is 0 Å². The summed E-state index contributed by atoms with van der Waals surface area (Å²) in [7, 11) is 1.63. The molecule has 0 radical (unpaired) electrons. The van der Waals surface area contributed by atoms with Gasteiger partial charge in [0.25, 0.3) is 17.7 Å². The van der Waals surface area contributed by atoms with Gasteiger partial charge in [-0.2, -0.15) is 5.10 Å². The lowest BCUT2D eigenvalue weighted by Gasteiger charge is -2.24. The van der Waals surface area contributed by atoms with Crippen LogP contribution in [-0.2, 0) is 17.7 Å². The molecule has 2 unspecified atom stereocenters. The number of nitrogens with one attached hydrogen (secondary N) is 1. The van der Waals surface area contributed by atoms with Crippen molar-refractivity contribution in [3.8, 4) is 11.3 Å². The summed E-state index contributed by atoms with van der Waals surface area (Å²) in [5.74, 6) is -1.64. The predicted octanol–water partition coefficient (Wildman–Crippen LogP) is 5.13. The molecule has 204 valence electrons. The highest BCUT2D eigenvalue weighted by molar-refractivity contribution is 7.14. The van der Waals surface area contributed by atoms with Crippen molar-refractivity contribution < 1.29 is 23.5 Å². The number of halogens is 2. The average Bonchev–Trinajstić information content (AvgIpc) is 3.57. The van der Waals surface area contributed by atoms with Gasteiger partial charge in [0.1, 0.15) is 5.82 Å². The van der Waals surface area contributed by atoms with Crippen LogP contribution < -0.4 is 5.32 Å². The molecular weight excluding hydrogens is 555 g/mol. The predicted molar refractivity (Wildman–Crippen MR) is 148 cm³/mol. The largest absolute Gasteiger partial charge is 0.376 e. The van der Waals surface area contributed by atoms with Crippen molar-refractivity contribution in [2.24, 2.45) is 0 Å². The van der Waals surface area contributed by atoms with Crippen molar-refractivity contribution >= 4 is 40.7 Å². The number of benzene rings is 2. The van der Waals surface area contributed by atoms with Crippen LogP contribution in [0.15, 0.2) is 60.8 Å². The van der Waals surface area contributed by atoms with Crippen LogP contribution in [-0.4, -0.2) is 52.1 Å². The van der Waals surface area contributed by atoms with E-state index in [4.69, 9.17) is 16.3 Å². The van der Waals surface area contributed by atoms with Crippen molar-refractivity contribution in [2.75, 3.05) is 13.7 Å². The molecule has 11 heteroatoms. The van der Waals surface area contributed by atoms with Gasteiger partial charge in [0.15, 0.2) is 0 Å². The van der Waals surface area contributed by atoms with Crippen LogP contribution in [0.1, 0.15) is 53.4 Å². The first kappa shape index (κ1) is 26.4. The quantitative estimate of drug-likeness (QED) is 0.307. The highest BCUT2D eigenvalue weighted by Gasteiger charge is 2.37. The molecule has 0 saturated carbocycles. The van der Waals surface area contributed by atoms with Gasteiger partial charge in [0.2, 0.25) is 0 Å². The Morgan fingerprint density at radius 1 is 1.15 bits per heavy atom. The van der Waals surface area contributed by atoms with Gasteiger partial charge in [0, 0.05) is 30.6 Å². The zero-order valence-electron chi connectivity index (χ0n) is 21.4. The van der Waals surface area contributed by atoms with Crippen molar-refractivity contribution in [2.45, 2.75) is 31.5 Å². The minimum Gasteiger partial charge on any atom is -0.376 e. The van der Waals surface area contributed by atoms with Gasteiger partial charge in [-0.05, 0) is 48.7 Å². The number of hydrogen-bond acceptors (Lipinski definition) is 6. The van der Waals surface area contributed by atoms with E-state index in [1.807, 2.05) is 4.68 Å². The zero-order valence-corrected chi connectivity index (χ0v) is 23.0. The Hall–Kier alpha value is -3.86. The standard InChI is InChI=1S/C29H24ClFN4O4S/c1-39-23-9-10-35-25(22(30)14-32-35)21-13-24(40-26(21)23)27(36)33-18(12-16-5-4-6-17(31)11-16)15-34-28(37)19-7-2-3-8-20(19)29(34)38/h2-8,11,13-14,18,23H,9-10,12,15H2,1H3,(H,33,36). The Balaban J connectivity index is 1.30. The normalized spacial score (nSPS) is 16.8. The number of amides is 3. The average molecular weight is 579 g/mol. The van der Waals surface area contributed by atoms with E-state index in [1.165, 1.54) is 23.5 Å². The zero-order chi connectivity index (χ0) is 28.0. The number of aromatic nitrogens is 2. The molecule has 2 aromatic heterocycles. The van der Waals surface area contributed by atoms with Gasteiger partial charge in [-0.3, -0.25) is 24.0 Å². The fourth-order valence-corrected chi connectivity index (χ4v) is 6.75. The SMILES string of the molecule is COC1CCn2ncc(Cl)c2-c2cc(C(=O)NC(Cc3cccc(F)c3)CN3C(=O)c4ccccc4C3=O)sc21. The topological polar surface area (TPSA) is 93.5 Å². The highest BCUT2D eigenvalue weighted by atomic mass is 35.5. The molecule has 6 rings (SSSR count). The van der Waals surface area contributed by atoms with Crippen LogP contribution in [0.4, 0.5) is 4.39 Å². The number of methoxy groups -OCH3 is 1. The van der Waals surface area contributed by atoms with E-state index >= 15 is 0 Å². The number of imide groups is 1. The van der Waals surface area contributed by atoms with E-state index in [-0.39, 0.29) is 25.0 Å². The molecule has 0 fully saturated rings. The summed E-state index contributed by atoms with van der Waals surface area (Å²) >= 11 is 7.77. The Labute approximate surface area is 238 Å². The maximum Gasteiger partial charge on any atom is 0.261 e. The van der Waals surface area contributed by atoms with E-state index < -0.39 is 23.7 Å². The Morgan fingerprint density at radius 2 is 1.90 bits per heavy atom. The van der Waals surface area contributed by atoms with E-state index in [9.17, 15) is 18.8 Å². The molecule has 40 heavy (non-hydrogen) atoms. The molecule has 4 aromatic rings. The molecule has 4 heterocycles. The number of rotatable bonds is 7. The summed E-state index contributed by atoms with van der Waals surface area (Å²) in [6.07, 6.45) is 2.22. The molecule has 0 spiro atoms. The minimum absolute atomic E-state index is 0.0705. The summed E-state index contributed by atoms with van der Waals surface area (Å²) in [6, 6.07) is 13.7. The van der Waals surface area contributed by atoms with Crippen LogP contribution in [0, 0.1) is 5.82 Å². The second kappa shape index (κ2) is 10.6.